The summed E-state index contributed by atoms with van der Waals surface area (Å²) in [6.07, 6.45) is 0. The Balaban J connectivity index is 1.19. The van der Waals surface area contributed by atoms with Crippen LogP contribution in [0, 0.1) is 0 Å². The van der Waals surface area contributed by atoms with Crippen LogP contribution in [0.3, 0.4) is 0 Å². The number of para-hydroxylation sites is 2. The van der Waals surface area contributed by atoms with Crippen LogP contribution in [-0.4, -0.2) is 24.1 Å². The van der Waals surface area contributed by atoms with Gasteiger partial charge < -0.3 is 4.57 Å². The van der Waals surface area contributed by atoms with Gasteiger partial charge in [-0.25, -0.2) is 4.98 Å². The predicted octanol–water partition coefficient (Wildman–Crippen LogP) is 13.4. The van der Waals surface area contributed by atoms with E-state index in [4.69, 9.17) is 15.0 Å². The van der Waals surface area contributed by atoms with Crippen molar-refractivity contribution in [3.8, 4) is 45.5 Å². The standard InChI is InChI=1S/C51H31N5S/c1-3-15-32(16-4-1)49-52-50(33-17-5-2-6-18-33)54-51(53-49)56-43-26-11-8-22-38(43)40-30-29-39-37-21-7-10-25-42(37)55(47(39)48(40)56)35-20-13-19-34(31-35)36-24-14-28-45-46(36)41-23-9-12-27-44(41)57-45/h1-31H. The fourth-order valence-corrected chi connectivity index (χ4v) is 9.83. The van der Waals surface area contributed by atoms with E-state index in [2.05, 4.69) is 161 Å². The first kappa shape index (κ1) is 31.9. The quantitative estimate of drug-likeness (QED) is 0.176. The van der Waals surface area contributed by atoms with Gasteiger partial charge >= 0.3 is 0 Å². The fraction of sp³-hybridized carbons (Fsp3) is 0. The summed E-state index contributed by atoms with van der Waals surface area (Å²) < 4.78 is 7.29. The zero-order chi connectivity index (χ0) is 37.5. The molecule has 6 heteroatoms. The third kappa shape index (κ3) is 4.91. The van der Waals surface area contributed by atoms with Crippen molar-refractivity contribution in [1.29, 1.82) is 0 Å². The molecule has 4 aromatic heterocycles. The second-order valence-electron chi connectivity index (χ2n) is 14.4. The van der Waals surface area contributed by atoms with Gasteiger partial charge in [-0.05, 0) is 47.5 Å². The Morgan fingerprint density at radius 1 is 0.368 bits per heavy atom. The largest absolute Gasteiger partial charge is 0.307 e. The van der Waals surface area contributed by atoms with Gasteiger partial charge in [0.15, 0.2) is 11.6 Å². The van der Waals surface area contributed by atoms with E-state index in [0.29, 0.717) is 17.6 Å². The lowest BCUT2D eigenvalue weighted by atomic mass is 9.99. The number of hydrogen-bond donors (Lipinski definition) is 0. The van der Waals surface area contributed by atoms with Crippen LogP contribution in [-0.2, 0) is 0 Å². The minimum Gasteiger partial charge on any atom is -0.307 e. The Morgan fingerprint density at radius 3 is 1.58 bits per heavy atom. The Labute approximate surface area is 331 Å². The number of rotatable bonds is 5. The average Bonchev–Trinajstić information content (AvgIpc) is 3.95. The molecule has 0 aliphatic heterocycles. The first-order valence-corrected chi connectivity index (χ1v) is 19.9. The van der Waals surface area contributed by atoms with Gasteiger partial charge in [-0.15, -0.1) is 11.3 Å². The number of nitrogens with zero attached hydrogens (tertiary/aromatic N) is 5. The van der Waals surface area contributed by atoms with E-state index in [1.54, 1.807) is 0 Å². The molecule has 0 fully saturated rings. The Hall–Kier alpha value is -7.41. The van der Waals surface area contributed by atoms with Gasteiger partial charge in [0.25, 0.3) is 0 Å². The van der Waals surface area contributed by atoms with Gasteiger partial charge in [0.2, 0.25) is 5.95 Å². The maximum Gasteiger partial charge on any atom is 0.238 e. The summed E-state index contributed by atoms with van der Waals surface area (Å²) in [6.45, 7) is 0. The monoisotopic (exact) mass is 745 g/mol. The van der Waals surface area contributed by atoms with Crippen LogP contribution in [0.25, 0.3) is 109 Å². The molecule has 12 rings (SSSR count). The van der Waals surface area contributed by atoms with E-state index in [1.807, 2.05) is 47.7 Å². The highest BCUT2D eigenvalue weighted by Crippen LogP contribution is 2.44. The van der Waals surface area contributed by atoms with E-state index >= 15 is 0 Å². The fourth-order valence-electron chi connectivity index (χ4n) is 8.70. The zero-order valence-corrected chi connectivity index (χ0v) is 31.4. The maximum atomic E-state index is 5.27. The molecule has 0 aliphatic rings. The van der Waals surface area contributed by atoms with Crippen LogP contribution in [0.4, 0.5) is 0 Å². The summed E-state index contributed by atoms with van der Waals surface area (Å²) in [5.74, 6) is 1.82. The lowest BCUT2D eigenvalue weighted by molar-refractivity contribution is 0.953. The first-order valence-electron chi connectivity index (χ1n) is 19.1. The molecule has 57 heavy (non-hydrogen) atoms. The van der Waals surface area contributed by atoms with Crippen LogP contribution in [0.1, 0.15) is 0 Å². The zero-order valence-electron chi connectivity index (χ0n) is 30.5. The number of thiophene rings is 1. The molecule has 0 spiro atoms. The molecule has 0 atom stereocenters. The second kappa shape index (κ2) is 12.6. The number of hydrogen-bond acceptors (Lipinski definition) is 4. The van der Waals surface area contributed by atoms with Crippen molar-refractivity contribution in [3.05, 3.63) is 188 Å². The van der Waals surface area contributed by atoms with Crippen molar-refractivity contribution in [2.75, 3.05) is 0 Å². The van der Waals surface area contributed by atoms with E-state index in [0.717, 1.165) is 49.7 Å². The van der Waals surface area contributed by atoms with E-state index in [1.165, 1.54) is 42.1 Å². The lowest BCUT2D eigenvalue weighted by Gasteiger charge is -2.14. The van der Waals surface area contributed by atoms with Crippen LogP contribution in [0.15, 0.2) is 188 Å². The Bertz CT molecular complexity index is 3470. The molecule has 12 aromatic rings. The number of fused-ring (bicyclic) bond motifs is 10. The average molecular weight is 746 g/mol. The molecular formula is C51H31N5S. The number of benzene rings is 8. The molecule has 0 amide bonds. The van der Waals surface area contributed by atoms with Crippen LogP contribution in [0.2, 0.25) is 0 Å². The van der Waals surface area contributed by atoms with E-state index in [-0.39, 0.29) is 0 Å². The van der Waals surface area contributed by atoms with Crippen molar-refractivity contribution >= 4 is 75.1 Å². The minimum absolute atomic E-state index is 0.572. The molecule has 4 heterocycles. The summed E-state index contributed by atoms with van der Waals surface area (Å²) in [4.78, 5) is 15.6. The third-order valence-corrected chi connectivity index (χ3v) is 12.3. The lowest BCUT2D eigenvalue weighted by Crippen LogP contribution is -2.07. The topological polar surface area (TPSA) is 48.5 Å². The summed E-state index contributed by atoms with van der Waals surface area (Å²) in [7, 11) is 0. The summed E-state index contributed by atoms with van der Waals surface area (Å²) >= 11 is 1.85. The van der Waals surface area contributed by atoms with Crippen LogP contribution >= 0.6 is 11.3 Å². The predicted molar refractivity (Wildman–Crippen MR) is 238 cm³/mol. The highest BCUT2D eigenvalue weighted by atomic mass is 32.1. The van der Waals surface area contributed by atoms with Crippen molar-refractivity contribution in [1.82, 2.24) is 24.1 Å². The minimum atomic E-state index is 0.572. The van der Waals surface area contributed by atoms with Gasteiger partial charge in [0.05, 0.1) is 22.1 Å². The molecule has 0 aliphatic carbocycles. The molecule has 266 valence electrons. The molecule has 5 nitrogen and oxygen atoms in total. The summed E-state index contributed by atoms with van der Waals surface area (Å²) in [6, 6.07) is 66.7. The molecular weight excluding hydrogens is 715 g/mol. The molecule has 0 unspecified atom stereocenters. The molecule has 8 aromatic carbocycles. The SMILES string of the molecule is c1ccc(-c2nc(-c3ccccc3)nc(-n3c4ccccc4c4ccc5c6ccccc6n(-c6cccc(-c7cccc8sc9ccccc9c78)c6)c5c43)n2)cc1. The Kier molecular flexibility index (Phi) is 7.03. The van der Waals surface area contributed by atoms with Gasteiger partial charge in [-0.1, -0.05) is 152 Å². The number of aromatic nitrogens is 5. The van der Waals surface area contributed by atoms with Crippen molar-refractivity contribution in [3.63, 3.8) is 0 Å². The second-order valence-corrected chi connectivity index (χ2v) is 15.5. The van der Waals surface area contributed by atoms with Gasteiger partial charge in [-0.3, -0.25) is 4.57 Å². The van der Waals surface area contributed by atoms with Gasteiger partial charge in [0.1, 0.15) is 0 Å². The Morgan fingerprint density at radius 2 is 0.895 bits per heavy atom. The first-order chi connectivity index (χ1) is 28.3. The van der Waals surface area contributed by atoms with E-state index in [9.17, 15) is 0 Å². The van der Waals surface area contributed by atoms with Gasteiger partial charge in [0, 0.05) is 58.5 Å². The normalized spacial score (nSPS) is 11.9. The molecule has 0 bridgehead atoms. The van der Waals surface area contributed by atoms with Crippen LogP contribution < -0.4 is 0 Å². The molecule has 0 radical (unpaired) electrons. The van der Waals surface area contributed by atoms with Gasteiger partial charge in [-0.2, -0.15) is 9.97 Å². The highest BCUT2D eigenvalue weighted by molar-refractivity contribution is 7.25. The summed E-state index contributed by atoms with van der Waals surface area (Å²) in [5.41, 5.74) is 9.69. The summed E-state index contributed by atoms with van der Waals surface area (Å²) in [5, 5.41) is 7.23. The van der Waals surface area contributed by atoms with E-state index < -0.39 is 0 Å². The van der Waals surface area contributed by atoms with Crippen molar-refractivity contribution in [2.45, 2.75) is 0 Å². The van der Waals surface area contributed by atoms with Crippen molar-refractivity contribution in [2.24, 2.45) is 0 Å². The highest BCUT2D eigenvalue weighted by Gasteiger charge is 2.24. The third-order valence-electron chi connectivity index (χ3n) is 11.2. The molecule has 0 saturated carbocycles. The smallest absolute Gasteiger partial charge is 0.238 e. The molecule has 0 N–H and O–H groups in total. The van der Waals surface area contributed by atoms with Crippen LogP contribution in [0.5, 0.6) is 0 Å². The maximum absolute atomic E-state index is 5.27. The van der Waals surface area contributed by atoms with Crippen molar-refractivity contribution < 1.29 is 0 Å². The molecule has 0 saturated heterocycles.